The quantitative estimate of drug-likeness (QED) is 0.497. The molecule has 33 heavy (non-hydrogen) atoms. The molecule has 0 saturated heterocycles. The largest absolute Gasteiger partial charge is 0.354 e. The number of aryl methyl sites for hydroxylation is 1. The molecule has 0 atom stereocenters. The normalized spacial score (nSPS) is 11.2. The molecule has 168 valence electrons. The Kier molecular flexibility index (Phi) is 6.27. The van der Waals surface area contributed by atoms with Gasteiger partial charge in [-0.15, -0.1) is 0 Å². The highest BCUT2D eigenvalue weighted by Gasteiger charge is 2.15. The first-order valence-electron chi connectivity index (χ1n) is 11.0. The van der Waals surface area contributed by atoms with Gasteiger partial charge in [0.25, 0.3) is 5.56 Å². The number of carbonyl (C=O) groups excluding carboxylic acids is 1. The van der Waals surface area contributed by atoms with Gasteiger partial charge in [0.2, 0.25) is 5.91 Å². The van der Waals surface area contributed by atoms with E-state index in [1.54, 1.807) is 47.0 Å². The van der Waals surface area contributed by atoms with Crippen molar-refractivity contribution in [3.05, 3.63) is 110 Å². The number of nitrogens with zero attached hydrogens (tertiary/aromatic N) is 2. The molecule has 6 heteroatoms. The molecule has 0 spiro atoms. The minimum absolute atomic E-state index is 0.0684. The second-order valence-electron chi connectivity index (χ2n) is 8.58. The third kappa shape index (κ3) is 4.80. The zero-order chi connectivity index (χ0) is 23.5. The van der Waals surface area contributed by atoms with E-state index >= 15 is 0 Å². The van der Waals surface area contributed by atoms with Gasteiger partial charge in [-0.3, -0.25) is 14.2 Å². The van der Waals surface area contributed by atoms with Gasteiger partial charge < -0.3 is 5.32 Å². The SMILES string of the molecule is Cc1cccc(Cn2c(=O)n(-c3ccc(CC(=O)NC(C)C)cc3)c(=O)c3ccccc32)c1. The van der Waals surface area contributed by atoms with E-state index in [1.165, 1.54) is 4.57 Å². The Morgan fingerprint density at radius 3 is 2.33 bits per heavy atom. The molecule has 4 rings (SSSR count). The van der Waals surface area contributed by atoms with Crippen LogP contribution in [0.2, 0.25) is 0 Å². The molecule has 0 bridgehead atoms. The van der Waals surface area contributed by atoms with Crippen molar-refractivity contribution in [2.24, 2.45) is 0 Å². The highest BCUT2D eigenvalue weighted by atomic mass is 16.2. The first kappa shape index (κ1) is 22.3. The summed E-state index contributed by atoms with van der Waals surface area (Å²) in [7, 11) is 0. The standard InChI is InChI=1S/C27H27N3O3/c1-18(2)28-25(31)16-20-11-13-22(14-12-20)30-26(32)23-9-4-5-10-24(23)29(27(30)33)17-21-8-6-7-19(3)15-21/h4-15,18H,16-17H2,1-3H3,(H,28,31). The first-order chi connectivity index (χ1) is 15.8. The van der Waals surface area contributed by atoms with Crippen LogP contribution >= 0.6 is 0 Å². The van der Waals surface area contributed by atoms with Crippen molar-refractivity contribution in [2.75, 3.05) is 0 Å². The molecule has 0 fully saturated rings. The molecule has 0 radical (unpaired) electrons. The lowest BCUT2D eigenvalue weighted by molar-refractivity contribution is -0.120. The Morgan fingerprint density at radius 1 is 0.909 bits per heavy atom. The molecule has 0 unspecified atom stereocenters. The highest BCUT2D eigenvalue weighted by Crippen LogP contribution is 2.14. The molecular weight excluding hydrogens is 414 g/mol. The van der Waals surface area contributed by atoms with Crippen LogP contribution in [0.4, 0.5) is 0 Å². The van der Waals surface area contributed by atoms with Crippen molar-refractivity contribution in [3.63, 3.8) is 0 Å². The van der Waals surface area contributed by atoms with Crippen molar-refractivity contribution in [1.29, 1.82) is 0 Å². The fraction of sp³-hybridized carbons (Fsp3) is 0.222. The number of rotatable bonds is 6. The molecule has 1 N–H and O–H groups in total. The van der Waals surface area contributed by atoms with Crippen molar-refractivity contribution in [3.8, 4) is 5.69 Å². The molecule has 0 aliphatic heterocycles. The van der Waals surface area contributed by atoms with Crippen LogP contribution < -0.4 is 16.6 Å². The number of hydrogen-bond donors (Lipinski definition) is 1. The van der Waals surface area contributed by atoms with Gasteiger partial charge in [0.1, 0.15) is 0 Å². The van der Waals surface area contributed by atoms with Gasteiger partial charge in [0, 0.05) is 6.04 Å². The van der Waals surface area contributed by atoms with E-state index in [-0.39, 0.29) is 23.9 Å². The Bertz CT molecular complexity index is 1430. The van der Waals surface area contributed by atoms with Crippen LogP contribution in [0.1, 0.15) is 30.5 Å². The topological polar surface area (TPSA) is 73.1 Å². The number of aromatic nitrogens is 2. The Morgan fingerprint density at radius 2 is 1.64 bits per heavy atom. The molecule has 3 aromatic carbocycles. The van der Waals surface area contributed by atoms with Gasteiger partial charge in [0.05, 0.1) is 29.6 Å². The molecule has 0 saturated carbocycles. The zero-order valence-electron chi connectivity index (χ0n) is 19.0. The first-order valence-corrected chi connectivity index (χ1v) is 11.0. The molecular formula is C27H27N3O3. The summed E-state index contributed by atoms with van der Waals surface area (Å²) in [4.78, 5) is 38.9. The van der Waals surface area contributed by atoms with Crippen molar-refractivity contribution >= 4 is 16.8 Å². The second-order valence-corrected chi connectivity index (χ2v) is 8.58. The van der Waals surface area contributed by atoms with E-state index < -0.39 is 5.69 Å². The number of hydrogen-bond acceptors (Lipinski definition) is 3. The van der Waals surface area contributed by atoms with Gasteiger partial charge in [-0.2, -0.15) is 0 Å². The lowest BCUT2D eigenvalue weighted by Crippen LogP contribution is -2.39. The van der Waals surface area contributed by atoms with Gasteiger partial charge in [0.15, 0.2) is 0 Å². The van der Waals surface area contributed by atoms with E-state index in [9.17, 15) is 14.4 Å². The Balaban J connectivity index is 1.79. The van der Waals surface area contributed by atoms with E-state index in [0.29, 0.717) is 23.1 Å². The number of nitrogens with one attached hydrogen (secondary N) is 1. The minimum atomic E-state index is -0.398. The van der Waals surface area contributed by atoms with Gasteiger partial charge in [-0.05, 0) is 56.2 Å². The molecule has 1 aromatic heterocycles. The maximum Gasteiger partial charge on any atom is 0.336 e. The van der Waals surface area contributed by atoms with Crippen LogP contribution in [0.15, 0.2) is 82.4 Å². The number of amides is 1. The predicted molar refractivity (Wildman–Crippen MR) is 131 cm³/mol. The number of benzene rings is 3. The lowest BCUT2D eigenvalue weighted by Gasteiger charge is -2.15. The van der Waals surface area contributed by atoms with Crippen molar-refractivity contribution < 1.29 is 4.79 Å². The van der Waals surface area contributed by atoms with Crippen LogP contribution in [0.5, 0.6) is 0 Å². The van der Waals surface area contributed by atoms with E-state index in [2.05, 4.69) is 5.32 Å². The summed E-state index contributed by atoms with van der Waals surface area (Å²) in [5.41, 5.74) is 3.22. The maximum atomic E-state index is 13.5. The monoisotopic (exact) mass is 441 g/mol. The van der Waals surface area contributed by atoms with Crippen LogP contribution in [0, 0.1) is 6.92 Å². The zero-order valence-corrected chi connectivity index (χ0v) is 19.0. The van der Waals surface area contributed by atoms with Crippen LogP contribution in [-0.2, 0) is 17.8 Å². The Labute approximate surface area is 192 Å². The third-order valence-corrected chi connectivity index (χ3v) is 5.48. The minimum Gasteiger partial charge on any atom is -0.354 e. The van der Waals surface area contributed by atoms with Crippen LogP contribution in [-0.4, -0.2) is 21.1 Å². The van der Waals surface area contributed by atoms with Gasteiger partial charge in [-0.25, -0.2) is 9.36 Å². The summed E-state index contributed by atoms with van der Waals surface area (Å²) in [6, 6.07) is 22.2. The summed E-state index contributed by atoms with van der Waals surface area (Å²) in [5.74, 6) is -0.0684. The molecule has 0 aliphatic carbocycles. The molecule has 4 aromatic rings. The van der Waals surface area contributed by atoms with E-state index in [1.807, 2.05) is 51.1 Å². The van der Waals surface area contributed by atoms with E-state index in [4.69, 9.17) is 0 Å². The molecule has 1 amide bonds. The number of fused-ring (bicyclic) bond motifs is 1. The average molecular weight is 442 g/mol. The predicted octanol–water partition coefficient (Wildman–Crippen LogP) is 3.58. The number of para-hydroxylation sites is 1. The summed E-state index contributed by atoms with van der Waals surface area (Å²) >= 11 is 0. The van der Waals surface area contributed by atoms with Crippen molar-refractivity contribution in [1.82, 2.24) is 14.5 Å². The summed E-state index contributed by atoms with van der Waals surface area (Å²) in [6.07, 6.45) is 0.239. The fourth-order valence-electron chi connectivity index (χ4n) is 4.02. The Hall–Kier alpha value is -3.93. The van der Waals surface area contributed by atoms with Crippen LogP contribution in [0.25, 0.3) is 16.6 Å². The van der Waals surface area contributed by atoms with Gasteiger partial charge in [-0.1, -0.05) is 54.1 Å². The maximum absolute atomic E-state index is 13.5. The van der Waals surface area contributed by atoms with Crippen LogP contribution in [0.3, 0.4) is 0 Å². The smallest absolute Gasteiger partial charge is 0.336 e. The molecule has 6 nitrogen and oxygen atoms in total. The molecule has 0 aliphatic rings. The average Bonchev–Trinajstić information content (AvgIpc) is 2.77. The highest BCUT2D eigenvalue weighted by molar-refractivity contribution is 5.79. The fourth-order valence-corrected chi connectivity index (χ4v) is 4.02. The van der Waals surface area contributed by atoms with E-state index in [0.717, 1.165) is 16.7 Å². The summed E-state index contributed by atoms with van der Waals surface area (Å²) in [5, 5.41) is 3.34. The van der Waals surface area contributed by atoms with Gasteiger partial charge >= 0.3 is 5.69 Å². The summed E-state index contributed by atoms with van der Waals surface area (Å²) < 4.78 is 2.84. The second kappa shape index (κ2) is 9.28. The number of carbonyl (C=O) groups is 1. The third-order valence-electron chi connectivity index (χ3n) is 5.48. The summed E-state index contributed by atoms with van der Waals surface area (Å²) in [6.45, 7) is 6.19. The van der Waals surface area contributed by atoms with Crippen molar-refractivity contribution in [2.45, 2.75) is 39.8 Å². The lowest BCUT2D eigenvalue weighted by atomic mass is 10.1. The molecule has 1 heterocycles.